The summed E-state index contributed by atoms with van der Waals surface area (Å²) in [7, 11) is 0. The van der Waals surface area contributed by atoms with E-state index in [0.29, 0.717) is 6.61 Å². The Morgan fingerprint density at radius 3 is 2.78 bits per heavy atom. The fraction of sp³-hybridized carbons (Fsp3) is 0.643. The number of hydrogen-bond donors (Lipinski definition) is 1. The van der Waals surface area contributed by atoms with E-state index in [2.05, 4.69) is 24.1 Å². The molecule has 1 rings (SSSR count). The number of nitrogens with zero attached hydrogens (tertiary/aromatic N) is 1. The van der Waals surface area contributed by atoms with Crippen molar-refractivity contribution < 1.29 is 9.13 Å². The van der Waals surface area contributed by atoms with Gasteiger partial charge in [0.2, 0.25) is 0 Å². The molecule has 0 saturated carbocycles. The monoisotopic (exact) mass is 254 g/mol. The van der Waals surface area contributed by atoms with Crippen molar-refractivity contribution in [1.29, 1.82) is 0 Å². The Morgan fingerprint density at radius 1 is 1.28 bits per heavy atom. The minimum absolute atomic E-state index is 0.116. The van der Waals surface area contributed by atoms with E-state index in [9.17, 15) is 4.39 Å². The Balaban J connectivity index is 2.54. The van der Waals surface area contributed by atoms with Crippen LogP contribution in [0.4, 0.5) is 4.39 Å². The van der Waals surface area contributed by atoms with Crippen molar-refractivity contribution in [1.82, 2.24) is 10.3 Å². The molecule has 0 aliphatic rings. The van der Waals surface area contributed by atoms with E-state index in [4.69, 9.17) is 4.74 Å². The van der Waals surface area contributed by atoms with Crippen LogP contribution in [0.5, 0.6) is 0 Å². The molecule has 0 spiro atoms. The number of halogens is 1. The molecule has 0 radical (unpaired) electrons. The van der Waals surface area contributed by atoms with Crippen LogP contribution in [0, 0.1) is 5.82 Å². The number of nitrogens with one attached hydrogen (secondary N) is 1. The minimum Gasteiger partial charge on any atom is -0.381 e. The van der Waals surface area contributed by atoms with Gasteiger partial charge in [-0.25, -0.2) is 4.39 Å². The third-order valence-corrected chi connectivity index (χ3v) is 2.67. The Kier molecular flexibility index (Phi) is 7.53. The summed E-state index contributed by atoms with van der Waals surface area (Å²) < 4.78 is 18.7. The zero-order valence-electron chi connectivity index (χ0n) is 11.3. The van der Waals surface area contributed by atoms with Gasteiger partial charge in [-0.1, -0.05) is 13.8 Å². The van der Waals surface area contributed by atoms with E-state index in [0.717, 1.165) is 38.0 Å². The summed E-state index contributed by atoms with van der Waals surface area (Å²) in [5.74, 6) is -0.287. The highest BCUT2D eigenvalue weighted by atomic mass is 19.1. The molecule has 18 heavy (non-hydrogen) atoms. The van der Waals surface area contributed by atoms with Gasteiger partial charge >= 0.3 is 0 Å². The van der Waals surface area contributed by atoms with Gasteiger partial charge < -0.3 is 10.1 Å². The van der Waals surface area contributed by atoms with Crippen LogP contribution in [0.25, 0.3) is 0 Å². The molecule has 1 heterocycles. The lowest BCUT2D eigenvalue weighted by Gasteiger charge is -2.18. The van der Waals surface area contributed by atoms with Gasteiger partial charge in [-0.3, -0.25) is 4.98 Å². The van der Waals surface area contributed by atoms with Crippen molar-refractivity contribution in [2.24, 2.45) is 0 Å². The molecule has 1 unspecified atom stereocenters. The van der Waals surface area contributed by atoms with Crippen LogP contribution >= 0.6 is 0 Å². The maximum atomic E-state index is 13.2. The Labute approximate surface area is 109 Å². The first-order valence-electron chi connectivity index (χ1n) is 6.69. The van der Waals surface area contributed by atoms with Gasteiger partial charge in [0.25, 0.3) is 0 Å². The average molecular weight is 254 g/mol. The zero-order chi connectivity index (χ0) is 13.2. The normalized spacial score (nSPS) is 12.6. The van der Waals surface area contributed by atoms with Crippen LogP contribution in [-0.4, -0.2) is 24.7 Å². The maximum absolute atomic E-state index is 13.2. The summed E-state index contributed by atoms with van der Waals surface area (Å²) in [6.07, 6.45) is 5.86. The van der Waals surface area contributed by atoms with Gasteiger partial charge in [0.1, 0.15) is 5.82 Å². The number of hydrogen-bond acceptors (Lipinski definition) is 3. The molecule has 1 N–H and O–H groups in total. The molecule has 0 amide bonds. The first kappa shape index (κ1) is 15.1. The number of ether oxygens (including phenoxy) is 1. The molecule has 0 fully saturated rings. The molecule has 1 atom stereocenters. The van der Waals surface area contributed by atoms with E-state index in [1.54, 1.807) is 12.3 Å². The van der Waals surface area contributed by atoms with Crippen molar-refractivity contribution >= 4 is 0 Å². The quantitative estimate of drug-likeness (QED) is 0.688. The van der Waals surface area contributed by atoms with Gasteiger partial charge in [-0.2, -0.15) is 0 Å². The number of aromatic nitrogens is 1. The summed E-state index contributed by atoms with van der Waals surface area (Å²) in [5.41, 5.74) is 0.892. The van der Waals surface area contributed by atoms with Crippen LogP contribution < -0.4 is 5.32 Å². The molecule has 1 aromatic rings. The molecule has 0 saturated heterocycles. The lowest BCUT2D eigenvalue weighted by Crippen LogP contribution is -2.24. The molecular formula is C14H23FN2O. The SMILES string of the molecule is CCCNC(CCOCCC)c1cncc(F)c1. The summed E-state index contributed by atoms with van der Waals surface area (Å²) in [6.45, 7) is 6.58. The van der Waals surface area contributed by atoms with Gasteiger partial charge in [0.15, 0.2) is 0 Å². The molecule has 0 bridgehead atoms. The predicted molar refractivity (Wildman–Crippen MR) is 71.0 cm³/mol. The second-order valence-electron chi connectivity index (χ2n) is 4.34. The van der Waals surface area contributed by atoms with Crippen molar-refractivity contribution in [3.8, 4) is 0 Å². The Morgan fingerprint density at radius 2 is 2.11 bits per heavy atom. The number of rotatable bonds is 9. The summed E-state index contributed by atoms with van der Waals surface area (Å²) in [4.78, 5) is 3.90. The standard InChI is InChI=1S/C14H23FN2O/c1-3-6-17-14(5-8-18-7-4-2)12-9-13(15)11-16-10-12/h9-11,14,17H,3-8H2,1-2H3. The third-order valence-electron chi connectivity index (χ3n) is 2.67. The third kappa shape index (κ3) is 5.56. The highest BCUT2D eigenvalue weighted by molar-refractivity contribution is 5.15. The molecule has 0 aliphatic carbocycles. The summed E-state index contributed by atoms with van der Waals surface area (Å²) in [5, 5.41) is 3.40. The highest BCUT2D eigenvalue weighted by Gasteiger charge is 2.11. The molecular weight excluding hydrogens is 231 g/mol. The largest absolute Gasteiger partial charge is 0.381 e. The first-order valence-corrected chi connectivity index (χ1v) is 6.69. The smallest absolute Gasteiger partial charge is 0.141 e. The fourth-order valence-corrected chi connectivity index (χ4v) is 1.77. The maximum Gasteiger partial charge on any atom is 0.141 e. The van der Waals surface area contributed by atoms with E-state index in [1.165, 1.54) is 6.20 Å². The topological polar surface area (TPSA) is 34.1 Å². The molecule has 4 heteroatoms. The van der Waals surface area contributed by atoms with Crippen molar-refractivity contribution in [2.75, 3.05) is 19.8 Å². The zero-order valence-corrected chi connectivity index (χ0v) is 11.3. The van der Waals surface area contributed by atoms with Gasteiger partial charge in [0.05, 0.1) is 6.20 Å². The van der Waals surface area contributed by atoms with Crippen LogP contribution in [-0.2, 0) is 4.74 Å². The van der Waals surface area contributed by atoms with Crippen LogP contribution in [0.2, 0.25) is 0 Å². The Hall–Kier alpha value is -1.00. The Bertz CT molecular complexity index is 333. The van der Waals surface area contributed by atoms with Gasteiger partial charge in [0, 0.05) is 25.5 Å². The highest BCUT2D eigenvalue weighted by Crippen LogP contribution is 2.16. The van der Waals surface area contributed by atoms with E-state index in [-0.39, 0.29) is 11.9 Å². The molecule has 1 aromatic heterocycles. The molecule has 0 aliphatic heterocycles. The summed E-state index contributed by atoms with van der Waals surface area (Å²) >= 11 is 0. The predicted octanol–water partition coefficient (Wildman–Crippen LogP) is 3.08. The second-order valence-corrected chi connectivity index (χ2v) is 4.34. The van der Waals surface area contributed by atoms with E-state index < -0.39 is 0 Å². The first-order chi connectivity index (χ1) is 8.77. The van der Waals surface area contributed by atoms with Crippen molar-refractivity contribution in [3.05, 3.63) is 29.8 Å². The fourth-order valence-electron chi connectivity index (χ4n) is 1.77. The lowest BCUT2D eigenvalue weighted by atomic mass is 10.1. The lowest BCUT2D eigenvalue weighted by molar-refractivity contribution is 0.124. The van der Waals surface area contributed by atoms with Crippen LogP contribution in [0.3, 0.4) is 0 Å². The van der Waals surface area contributed by atoms with Crippen LogP contribution in [0.1, 0.15) is 44.7 Å². The molecule has 0 aromatic carbocycles. The number of pyridine rings is 1. The van der Waals surface area contributed by atoms with Crippen LogP contribution in [0.15, 0.2) is 18.5 Å². The van der Waals surface area contributed by atoms with Gasteiger partial charge in [-0.05, 0) is 37.4 Å². The van der Waals surface area contributed by atoms with Gasteiger partial charge in [-0.15, -0.1) is 0 Å². The average Bonchev–Trinajstić information content (AvgIpc) is 2.38. The van der Waals surface area contributed by atoms with Crippen molar-refractivity contribution in [3.63, 3.8) is 0 Å². The van der Waals surface area contributed by atoms with E-state index >= 15 is 0 Å². The second kappa shape index (κ2) is 9.00. The summed E-state index contributed by atoms with van der Waals surface area (Å²) in [6, 6.07) is 1.66. The molecule has 3 nitrogen and oxygen atoms in total. The minimum atomic E-state index is -0.287. The van der Waals surface area contributed by atoms with Crippen molar-refractivity contribution in [2.45, 2.75) is 39.2 Å². The molecule has 102 valence electrons. The van der Waals surface area contributed by atoms with E-state index in [1.807, 2.05) is 0 Å².